The van der Waals surface area contributed by atoms with Crippen molar-refractivity contribution in [2.24, 2.45) is 0 Å². The van der Waals surface area contributed by atoms with Crippen molar-refractivity contribution in [1.29, 1.82) is 5.26 Å². The largest absolute Gasteiger partial charge is 0.454 e. The molecule has 0 aliphatic heterocycles. The fraction of sp³-hybridized carbons (Fsp3) is 0.190. The van der Waals surface area contributed by atoms with Gasteiger partial charge in [-0.05, 0) is 117 Å². The van der Waals surface area contributed by atoms with E-state index in [4.69, 9.17) is 9.26 Å². The van der Waals surface area contributed by atoms with Crippen LogP contribution in [0.25, 0.3) is 157 Å². The van der Waals surface area contributed by atoms with Crippen LogP contribution < -0.4 is 0 Å². The van der Waals surface area contributed by atoms with E-state index in [-0.39, 0.29) is 21.7 Å². The number of nitrogens with zero attached hydrogens (tertiary/aromatic N) is 6. The van der Waals surface area contributed by atoms with E-state index in [0.717, 1.165) is 114 Å². The molecule has 6 heterocycles. The molecule has 0 N–H and O–H groups in total. The minimum atomic E-state index is -0.312. The zero-order valence-corrected chi connectivity index (χ0v) is 54.8. The van der Waals surface area contributed by atoms with Gasteiger partial charge in [0.2, 0.25) is 5.69 Å². The lowest BCUT2D eigenvalue weighted by Gasteiger charge is -2.28. The van der Waals surface area contributed by atoms with Gasteiger partial charge in [-0.15, -0.1) is 11.3 Å². The van der Waals surface area contributed by atoms with E-state index < -0.39 is 0 Å². The molecule has 17 rings (SSSR count). The number of hydrogen-bond donors (Lipinski definition) is 0. The summed E-state index contributed by atoms with van der Waals surface area (Å²) < 4.78 is 19.3. The van der Waals surface area contributed by atoms with Gasteiger partial charge >= 0.3 is 0 Å². The Hall–Kier alpha value is -10.4. The Morgan fingerprint density at radius 2 is 0.815 bits per heavy atom. The number of nitriles is 1. The number of furan rings is 1. The van der Waals surface area contributed by atoms with Crippen LogP contribution >= 0.6 is 11.3 Å². The summed E-state index contributed by atoms with van der Waals surface area (Å²) in [5.41, 5.74) is 16.0. The molecule has 0 saturated heterocycles. The number of rotatable bonds is 4. The average molecular weight is 1210 g/mol. The molecule has 0 radical (unpaired) electrons. The first-order valence-electron chi connectivity index (χ1n) is 32.0. The number of thiophene rings is 1. The molecule has 446 valence electrons. The van der Waals surface area contributed by atoms with Gasteiger partial charge in [-0.1, -0.05) is 204 Å². The summed E-state index contributed by atoms with van der Waals surface area (Å²) >= 11 is 1.80. The fourth-order valence-corrected chi connectivity index (χ4v) is 16.7. The van der Waals surface area contributed by atoms with Gasteiger partial charge in [0, 0.05) is 69.3 Å². The average Bonchev–Trinajstić information content (AvgIpc) is 1.48. The summed E-state index contributed by atoms with van der Waals surface area (Å²) in [6.07, 6.45) is 0. The Kier molecular flexibility index (Phi) is 11.6. The molecule has 0 amide bonds. The Morgan fingerprint density at radius 1 is 0.391 bits per heavy atom. The Labute approximate surface area is 538 Å². The van der Waals surface area contributed by atoms with Gasteiger partial charge in [0.05, 0.1) is 83.7 Å². The summed E-state index contributed by atoms with van der Waals surface area (Å²) in [4.78, 5) is 5.04. The first-order valence-corrected chi connectivity index (χ1v) is 32.8. The normalized spacial score (nSPS) is 13.0. The molecule has 0 fully saturated rings. The quantitative estimate of drug-likeness (QED) is 0.165. The Morgan fingerprint density at radius 3 is 1.30 bits per heavy atom. The summed E-state index contributed by atoms with van der Waals surface area (Å²) in [6, 6.07) is 73.5. The Bertz CT molecular complexity index is 5940. The van der Waals surface area contributed by atoms with Gasteiger partial charge in [-0.25, -0.2) is 4.85 Å². The van der Waals surface area contributed by atoms with Gasteiger partial charge in [-0.2, -0.15) is 5.26 Å². The van der Waals surface area contributed by atoms with Gasteiger partial charge in [0.15, 0.2) is 5.58 Å². The van der Waals surface area contributed by atoms with Gasteiger partial charge < -0.3 is 22.7 Å². The van der Waals surface area contributed by atoms with Crippen LogP contribution in [0, 0.1) is 17.9 Å². The van der Waals surface area contributed by atoms with Crippen LogP contribution in [-0.2, 0) is 21.7 Å². The van der Waals surface area contributed by atoms with Crippen LogP contribution in [0.4, 0.5) is 5.69 Å². The molecule has 0 aliphatic carbocycles. The third-order valence-electron chi connectivity index (χ3n) is 19.7. The van der Waals surface area contributed by atoms with Crippen molar-refractivity contribution >= 4 is 146 Å². The SMILES string of the molecule is [C-]#[N+]c1c(-n2c3ccccc3c3ccccc32)c(-n2c3ccc(C(C)(C)C)cc3c3cc(C(C)(C)C)c4c5ccccc5oc4c32)c(-n2c3ccccc3c3ccccc32)c(C#N)c1-n1c2ccc(C(C)(C)C)cc2c2cc(C(C)(C)C)c3c4ccccc4sc3c21. The van der Waals surface area contributed by atoms with E-state index in [1.807, 2.05) is 0 Å². The maximum atomic E-state index is 13.3. The molecule has 0 bridgehead atoms. The third-order valence-corrected chi connectivity index (χ3v) is 20.9. The highest BCUT2D eigenvalue weighted by Crippen LogP contribution is 2.56. The van der Waals surface area contributed by atoms with Crippen molar-refractivity contribution in [3.8, 4) is 28.8 Å². The molecule has 7 nitrogen and oxygen atoms in total. The van der Waals surface area contributed by atoms with Crippen molar-refractivity contribution in [3.05, 3.63) is 233 Å². The maximum Gasteiger partial charge on any atom is 0.237 e. The monoisotopic (exact) mass is 1210 g/mol. The fourth-order valence-electron chi connectivity index (χ4n) is 15.4. The second kappa shape index (κ2) is 19.1. The van der Waals surface area contributed by atoms with Crippen LogP contribution in [0.15, 0.2) is 199 Å². The summed E-state index contributed by atoms with van der Waals surface area (Å²) in [7, 11) is 0. The molecule has 8 heteroatoms. The summed E-state index contributed by atoms with van der Waals surface area (Å²) in [5, 5.41) is 26.1. The van der Waals surface area contributed by atoms with Crippen molar-refractivity contribution in [2.45, 2.75) is 105 Å². The van der Waals surface area contributed by atoms with Crippen LogP contribution in [0.1, 0.15) is 111 Å². The lowest BCUT2D eigenvalue weighted by molar-refractivity contribution is 0.591. The van der Waals surface area contributed by atoms with Crippen molar-refractivity contribution in [3.63, 3.8) is 0 Å². The van der Waals surface area contributed by atoms with E-state index in [9.17, 15) is 11.8 Å². The van der Waals surface area contributed by atoms with Crippen LogP contribution in [0.5, 0.6) is 0 Å². The second-order valence-electron chi connectivity index (χ2n) is 29.5. The van der Waals surface area contributed by atoms with E-state index in [2.05, 4.69) is 302 Å². The smallest absolute Gasteiger partial charge is 0.237 e. The highest BCUT2D eigenvalue weighted by molar-refractivity contribution is 7.26. The molecule has 0 unspecified atom stereocenters. The zero-order valence-electron chi connectivity index (χ0n) is 54.0. The minimum absolute atomic E-state index is 0.194. The third kappa shape index (κ3) is 7.65. The predicted molar refractivity (Wildman–Crippen MR) is 390 cm³/mol. The van der Waals surface area contributed by atoms with Gasteiger partial charge in [0.25, 0.3) is 0 Å². The maximum absolute atomic E-state index is 13.3. The van der Waals surface area contributed by atoms with E-state index >= 15 is 0 Å². The molecule has 0 saturated carbocycles. The molecule has 92 heavy (non-hydrogen) atoms. The lowest BCUT2D eigenvalue weighted by atomic mass is 9.82. The molecule has 6 aromatic heterocycles. The first-order chi connectivity index (χ1) is 44.1. The number of para-hydroxylation sites is 5. The standard InChI is InChI=1S/C84H68N6OS/c1-81(2,3)47-39-41-67-55(42-47)57-44-60(83(7,8)9)70-53-30-18-24-36-68(53)91-79(70)75(57)90(67)78-74(87-62-32-20-14-26-49(62)50-27-15-21-33-63(50)87)59(46-85)73(72(86-13)77(78)88-64-34-22-16-28-51(64)52-29-17-23-35-65(52)88)89-66-40-38-48(82(4,5)6)43-56(66)58-45-61(84(10,11)12)71-54-31-19-25-37-69(54)92-80(71)76(58)89/h14-45H,1-12H3. The van der Waals surface area contributed by atoms with Crippen molar-refractivity contribution in [1.82, 2.24) is 18.3 Å². The number of hydrogen-bond acceptors (Lipinski definition) is 3. The van der Waals surface area contributed by atoms with Crippen LogP contribution in [0.3, 0.4) is 0 Å². The first kappa shape index (κ1) is 55.7. The molecule has 0 atom stereocenters. The Balaban J connectivity index is 1.22. The van der Waals surface area contributed by atoms with Crippen LogP contribution in [-0.4, -0.2) is 18.3 Å². The van der Waals surface area contributed by atoms with E-state index in [1.165, 1.54) is 37.7 Å². The van der Waals surface area contributed by atoms with E-state index in [0.29, 0.717) is 34.0 Å². The zero-order chi connectivity index (χ0) is 63.4. The molecular formula is C84H68N6OS. The predicted octanol–water partition coefficient (Wildman–Crippen LogP) is 24.0. The molecule has 0 aliphatic rings. The number of fused-ring (bicyclic) bond motifs is 20. The molecule has 11 aromatic carbocycles. The topological polar surface area (TPSA) is 61.0 Å². The van der Waals surface area contributed by atoms with Gasteiger partial charge in [-0.3, -0.25) is 0 Å². The minimum Gasteiger partial charge on any atom is -0.454 e. The second-order valence-corrected chi connectivity index (χ2v) is 30.5. The van der Waals surface area contributed by atoms with E-state index in [1.54, 1.807) is 11.3 Å². The molecular weight excluding hydrogens is 1140 g/mol. The van der Waals surface area contributed by atoms with Crippen LogP contribution in [0.2, 0.25) is 0 Å². The van der Waals surface area contributed by atoms with Gasteiger partial charge in [0.1, 0.15) is 11.7 Å². The molecule has 0 spiro atoms. The molecule has 17 aromatic rings. The number of aromatic nitrogens is 4. The number of benzene rings is 11. The van der Waals surface area contributed by atoms with Crippen molar-refractivity contribution in [2.75, 3.05) is 0 Å². The summed E-state index contributed by atoms with van der Waals surface area (Å²) in [5.74, 6) is 0. The highest BCUT2D eigenvalue weighted by Gasteiger charge is 2.38. The highest BCUT2D eigenvalue weighted by atomic mass is 32.1. The van der Waals surface area contributed by atoms with Crippen molar-refractivity contribution < 1.29 is 4.42 Å². The lowest BCUT2D eigenvalue weighted by Crippen LogP contribution is -2.15. The summed E-state index contributed by atoms with van der Waals surface area (Å²) in [6.45, 7) is 37.8.